The molecule has 0 bridgehead atoms. The number of rotatable bonds is 3. The number of phenols is 1. The highest BCUT2D eigenvalue weighted by molar-refractivity contribution is 5.98. The van der Waals surface area contributed by atoms with Crippen molar-refractivity contribution in [2.45, 2.75) is 38.1 Å². The number of esters is 1. The van der Waals surface area contributed by atoms with Crippen molar-refractivity contribution >= 4 is 29.5 Å². The molecular formula is C20H23NO8. The number of cyclic esters (lactones) is 1. The van der Waals surface area contributed by atoms with Gasteiger partial charge in [0.05, 0.1) is 6.10 Å². The summed E-state index contributed by atoms with van der Waals surface area (Å²) >= 11 is 0. The van der Waals surface area contributed by atoms with Gasteiger partial charge in [-0.15, -0.1) is 0 Å². The van der Waals surface area contributed by atoms with Crippen molar-refractivity contribution < 1.29 is 39.5 Å². The van der Waals surface area contributed by atoms with Crippen LogP contribution in [0.5, 0.6) is 5.75 Å². The summed E-state index contributed by atoms with van der Waals surface area (Å²) in [6, 6.07) is 2.65. The van der Waals surface area contributed by atoms with Crippen molar-refractivity contribution in [3.8, 4) is 5.75 Å². The number of aliphatic hydroxyl groups excluding tert-OH is 2. The van der Waals surface area contributed by atoms with Gasteiger partial charge in [-0.3, -0.25) is 9.59 Å². The minimum Gasteiger partial charge on any atom is -0.507 e. The molecule has 0 radical (unpaired) electrons. The number of anilines is 1. The monoisotopic (exact) mass is 405 g/mol. The molecule has 0 aliphatic carbocycles. The number of carboxylic acid groups (broad SMARTS) is 1. The molecular weight excluding hydrogens is 382 g/mol. The Morgan fingerprint density at radius 2 is 1.86 bits per heavy atom. The van der Waals surface area contributed by atoms with E-state index in [4.69, 9.17) is 9.84 Å². The van der Waals surface area contributed by atoms with Crippen LogP contribution >= 0.6 is 0 Å². The van der Waals surface area contributed by atoms with Crippen LogP contribution in [0.2, 0.25) is 0 Å². The third-order valence-electron chi connectivity index (χ3n) is 4.19. The number of ether oxygens (including phenoxy) is 1. The lowest BCUT2D eigenvalue weighted by molar-refractivity contribution is -0.135. The summed E-state index contributed by atoms with van der Waals surface area (Å²) in [7, 11) is 0. The van der Waals surface area contributed by atoms with Gasteiger partial charge < -0.3 is 30.5 Å². The number of aliphatic carboxylic acids is 1. The van der Waals surface area contributed by atoms with E-state index in [0.29, 0.717) is 0 Å². The maximum absolute atomic E-state index is 12.6. The number of nitrogens with one attached hydrogen (secondary N) is 1. The van der Waals surface area contributed by atoms with Crippen LogP contribution in [-0.4, -0.2) is 63.0 Å². The molecule has 1 heterocycles. The molecule has 3 atom stereocenters. The van der Waals surface area contributed by atoms with Gasteiger partial charge >= 0.3 is 11.9 Å². The first kappa shape index (κ1) is 22.1. The number of aromatic hydroxyl groups is 1. The van der Waals surface area contributed by atoms with Gasteiger partial charge in [-0.05, 0) is 31.1 Å². The quantitative estimate of drug-likeness (QED) is 0.465. The summed E-state index contributed by atoms with van der Waals surface area (Å²) in [6.45, 7) is 1.20. The van der Waals surface area contributed by atoms with Crippen molar-refractivity contribution in [3.05, 3.63) is 41.5 Å². The molecule has 0 unspecified atom stereocenters. The smallest absolute Gasteiger partial charge is 0.342 e. The lowest BCUT2D eigenvalue weighted by Gasteiger charge is -2.17. The van der Waals surface area contributed by atoms with E-state index in [1.807, 2.05) is 0 Å². The highest BCUT2D eigenvalue weighted by Crippen LogP contribution is 2.29. The molecule has 0 spiro atoms. The zero-order valence-electron chi connectivity index (χ0n) is 15.7. The minimum absolute atomic E-state index is 0.0980. The molecule has 0 fully saturated rings. The fourth-order valence-electron chi connectivity index (χ4n) is 2.70. The number of hydrogen-bond acceptors (Lipinski definition) is 8. The maximum Gasteiger partial charge on any atom is 0.342 e. The highest BCUT2D eigenvalue weighted by atomic mass is 16.5. The number of ketones is 1. The number of carboxylic acids is 1. The summed E-state index contributed by atoms with van der Waals surface area (Å²) in [5.41, 5.74) is 0.353. The zero-order valence-corrected chi connectivity index (χ0v) is 15.7. The average Bonchev–Trinajstić information content (AvgIpc) is 2.64. The fraction of sp³-hybridized carbons (Fsp3) is 0.350. The van der Waals surface area contributed by atoms with Gasteiger partial charge in [-0.25, -0.2) is 4.79 Å². The van der Waals surface area contributed by atoms with Gasteiger partial charge in [-0.1, -0.05) is 18.2 Å². The van der Waals surface area contributed by atoms with Crippen LogP contribution in [-0.2, 0) is 14.3 Å². The number of carbonyl (C=O) groups excluding carboxylic acids is 2. The molecule has 0 aromatic heterocycles. The Bertz CT molecular complexity index is 845. The minimum atomic E-state index is -1.60. The van der Waals surface area contributed by atoms with E-state index < -0.39 is 48.3 Å². The fourth-order valence-corrected chi connectivity index (χ4v) is 2.70. The summed E-state index contributed by atoms with van der Waals surface area (Å²) in [5, 5.41) is 41.6. The van der Waals surface area contributed by atoms with E-state index in [2.05, 4.69) is 5.32 Å². The molecule has 1 aliphatic heterocycles. The van der Waals surface area contributed by atoms with E-state index in [9.17, 15) is 29.7 Å². The van der Waals surface area contributed by atoms with Crippen LogP contribution in [0.3, 0.4) is 0 Å². The van der Waals surface area contributed by atoms with Gasteiger partial charge in [0.1, 0.15) is 30.1 Å². The van der Waals surface area contributed by atoms with Gasteiger partial charge in [0.2, 0.25) is 0 Å². The van der Waals surface area contributed by atoms with Gasteiger partial charge in [-0.2, -0.15) is 0 Å². The van der Waals surface area contributed by atoms with E-state index in [1.54, 1.807) is 6.92 Å². The predicted octanol–water partition coefficient (Wildman–Crippen LogP) is 1.09. The Morgan fingerprint density at radius 1 is 1.17 bits per heavy atom. The molecule has 9 heteroatoms. The first-order valence-electron chi connectivity index (χ1n) is 8.95. The second kappa shape index (κ2) is 9.85. The van der Waals surface area contributed by atoms with Gasteiger partial charge in [0, 0.05) is 18.2 Å². The van der Waals surface area contributed by atoms with Crippen LogP contribution < -0.4 is 5.32 Å². The highest BCUT2D eigenvalue weighted by Gasteiger charge is 2.23. The molecule has 5 N–H and O–H groups in total. The van der Waals surface area contributed by atoms with E-state index in [1.165, 1.54) is 30.4 Å². The number of fused-ring (bicyclic) bond motifs is 1. The predicted molar refractivity (Wildman–Crippen MR) is 104 cm³/mol. The van der Waals surface area contributed by atoms with E-state index in [-0.39, 0.29) is 29.7 Å². The number of hydrogen-bond donors (Lipinski definition) is 5. The molecule has 0 amide bonds. The third-order valence-corrected chi connectivity index (χ3v) is 4.19. The Morgan fingerprint density at radius 3 is 2.55 bits per heavy atom. The second-order valence-corrected chi connectivity index (χ2v) is 6.61. The normalized spacial score (nSPS) is 25.3. The number of aliphatic hydroxyl groups is 2. The SMILES string of the molecule is C[C@H]1C/C=C\C(=O)[C@@H](O)[C@@H](O)C/C=C/c2cc(NCC(=O)O)cc(O)c2C(=O)O1. The van der Waals surface area contributed by atoms with Gasteiger partial charge in [0.25, 0.3) is 0 Å². The van der Waals surface area contributed by atoms with Crippen LogP contribution in [0, 0.1) is 0 Å². The van der Waals surface area contributed by atoms with Gasteiger partial charge in [0.15, 0.2) is 5.78 Å². The molecule has 9 nitrogen and oxygen atoms in total. The van der Waals surface area contributed by atoms with Crippen molar-refractivity contribution in [1.29, 1.82) is 0 Å². The van der Waals surface area contributed by atoms with Crippen molar-refractivity contribution in [1.82, 2.24) is 0 Å². The summed E-state index contributed by atoms with van der Waals surface area (Å²) in [5.74, 6) is -2.98. The molecule has 0 saturated carbocycles. The molecule has 1 aromatic carbocycles. The van der Waals surface area contributed by atoms with Crippen LogP contribution in [0.15, 0.2) is 30.4 Å². The summed E-state index contributed by atoms with van der Waals surface area (Å²) in [6.07, 6.45) is 1.88. The topological polar surface area (TPSA) is 153 Å². The second-order valence-electron chi connectivity index (χ2n) is 6.61. The van der Waals surface area contributed by atoms with Crippen LogP contribution in [0.25, 0.3) is 6.08 Å². The largest absolute Gasteiger partial charge is 0.507 e. The standard InChI is InChI=1S/C20H23NO8/c1-11-4-2-6-14(22)19(27)15(23)7-3-5-12-8-13(21-10-17(25)26)9-16(24)18(12)20(28)29-11/h2-3,5-6,8-9,11,15,19,21,23-24,27H,4,7,10H2,1H3,(H,25,26)/b5-3+,6-2-/t11-,15-,19+/m0/s1. The lowest BCUT2D eigenvalue weighted by atomic mass is 10.0. The zero-order chi connectivity index (χ0) is 21.6. The molecule has 1 aliphatic rings. The molecule has 1 aromatic rings. The van der Waals surface area contributed by atoms with Crippen LogP contribution in [0.4, 0.5) is 5.69 Å². The van der Waals surface area contributed by atoms with E-state index >= 15 is 0 Å². The Kier molecular flexibility index (Phi) is 7.52. The van der Waals surface area contributed by atoms with Crippen LogP contribution in [0.1, 0.15) is 35.7 Å². The number of phenolic OH excluding ortho intramolecular Hbond substituents is 1. The van der Waals surface area contributed by atoms with Crippen molar-refractivity contribution in [2.24, 2.45) is 0 Å². The first-order chi connectivity index (χ1) is 13.7. The van der Waals surface area contributed by atoms with Crippen molar-refractivity contribution in [3.63, 3.8) is 0 Å². The van der Waals surface area contributed by atoms with E-state index in [0.717, 1.165) is 6.08 Å². The molecule has 156 valence electrons. The van der Waals surface area contributed by atoms with Crippen molar-refractivity contribution in [2.75, 3.05) is 11.9 Å². The summed E-state index contributed by atoms with van der Waals surface area (Å²) < 4.78 is 5.30. The maximum atomic E-state index is 12.6. The average molecular weight is 405 g/mol. The molecule has 0 saturated heterocycles. The molecule has 2 rings (SSSR count). The number of benzene rings is 1. The molecule has 29 heavy (non-hydrogen) atoms. The summed E-state index contributed by atoms with van der Waals surface area (Å²) in [4.78, 5) is 35.2. The Hall–Kier alpha value is -3.17. The third kappa shape index (κ3) is 6.16. The first-order valence-corrected chi connectivity index (χ1v) is 8.95. The Labute approximate surface area is 166 Å². The lowest BCUT2D eigenvalue weighted by Crippen LogP contribution is -2.32. The number of carbonyl (C=O) groups is 3. The Balaban J connectivity index is 2.43.